The Labute approximate surface area is 140 Å². The Morgan fingerprint density at radius 3 is 2.30 bits per heavy atom. The van der Waals surface area contributed by atoms with E-state index in [4.69, 9.17) is 20.9 Å². The number of halogens is 1. The van der Waals surface area contributed by atoms with E-state index in [9.17, 15) is 4.79 Å². The molecule has 1 aromatic carbocycles. The van der Waals surface area contributed by atoms with E-state index in [1.165, 1.54) is 4.57 Å². The fraction of sp³-hybridized carbons (Fsp3) is 0.500. The maximum Gasteiger partial charge on any atom is 0.496 e. The van der Waals surface area contributed by atoms with Crippen molar-refractivity contribution in [1.29, 1.82) is 0 Å². The van der Waals surface area contributed by atoms with Gasteiger partial charge in [0.1, 0.15) is 5.82 Å². The molecule has 0 radical (unpaired) electrons. The fourth-order valence-electron chi connectivity index (χ4n) is 2.59. The van der Waals surface area contributed by atoms with Crippen molar-refractivity contribution in [3.05, 3.63) is 33.3 Å². The quantitative estimate of drug-likeness (QED) is 0.750. The van der Waals surface area contributed by atoms with Crippen LogP contribution in [-0.4, -0.2) is 27.9 Å². The van der Waals surface area contributed by atoms with E-state index in [2.05, 4.69) is 4.98 Å². The second-order valence-electron chi connectivity index (χ2n) is 6.97. The molecule has 0 unspecified atom stereocenters. The molecule has 1 fully saturated rings. The molecule has 0 amide bonds. The van der Waals surface area contributed by atoms with Crippen molar-refractivity contribution in [2.75, 3.05) is 0 Å². The zero-order valence-corrected chi connectivity index (χ0v) is 15.0. The molecule has 0 spiro atoms. The zero-order valence-electron chi connectivity index (χ0n) is 14.2. The Balaban J connectivity index is 2.18. The standard InChI is InChI=1S/C16H20BClN2O3/c1-9-19-11-8-7-10(13(18)12(11)14(21)20(9)6)17-22-15(2,3)16(4,5)23-17/h7-8H,1-6H3. The molecule has 7 heteroatoms. The fourth-order valence-corrected chi connectivity index (χ4v) is 2.92. The van der Waals surface area contributed by atoms with Gasteiger partial charge in [0.15, 0.2) is 0 Å². The van der Waals surface area contributed by atoms with E-state index in [1.54, 1.807) is 20.0 Å². The maximum absolute atomic E-state index is 12.5. The van der Waals surface area contributed by atoms with Gasteiger partial charge in [0.25, 0.3) is 5.56 Å². The average molecular weight is 335 g/mol. The summed E-state index contributed by atoms with van der Waals surface area (Å²) >= 11 is 6.52. The number of aryl methyl sites for hydroxylation is 1. The number of fused-ring (bicyclic) bond motifs is 1. The Kier molecular flexibility index (Phi) is 3.63. The summed E-state index contributed by atoms with van der Waals surface area (Å²) in [5.74, 6) is 0.641. The highest BCUT2D eigenvalue weighted by molar-refractivity contribution is 6.66. The monoisotopic (exact) mass is 334 g/mol. The van der Waals surface area contributed by atoms with E-state index in [0.29, 0.717) is 27.2 Å². The van der Waals surface area contributed by atoms with Crippen LogP contribution in [0.4, 0.5) is 0 Å². The van der Waals surface area contributed by atoms with Crippen molar-refractivity contribution in [1.82, 2.24) is 9.55 Å². The van der Waals surface area contributed by atoms with Gasteiger partial charge < -0.3 is 9.31 Å². The van der Waals surface area contributed by atoms with Crippen LogP contribution < -0.4 is 11.0 Å². The van der Waals surface area contributed by atoms with Gasteiger partial charge in [-0.3, -0.25) is 9.36 Å². The second kappa shape index (κ2) is 5.06. The first-order chi connectivity index (χ1) is 10.5. The smallest absolute Gasteiger partial charge is 0.399 e. The van der Waals surface area contributed by atoms with Crippen LogP contribution in [0.1, 0.15) is 33.5 Å². The third-order valence-electron chi connectivity index (χ3n) is 4.94. The van der Waals surface area contributed by atoms with Gasteiger partial charge in [-0.2, -0.15) is 0 Å². The lowest BCUT2D eigenvalue weighted by molar-refractivity contribution is 0.00578. The molecule has 0 N–H and O–H groups in total. The van der Waals surface area contributed by atoms with Gasteiger partial charge in [-0.25, -0.2) is 4.98 Å². The normalized spacial score (nSPS) is 19.5. The summed E-state index contributed by atoms with van der Waals surface area (Å²) < 4.78 is 13.6. The van der Waals surface area contributed by atoms with Gasteiger partial charge in [0.2, 0.25) is 0 Å². The highest BCUT2D eigenvalue weighted by Crippen LogP contribution is 2.37. The van der Waals surface area contributed by atoms with Gasteiger partial charge in [-0.1, -0.05) is 17.7 Å². The molecule has 5 nitrogen and oxygen atoms in total. The summed E-state index contributed by atoms with van der Waals surface area (Å²) in [5, 5.41) is 0.737. The van der Waals surface area contributed by atoms with Crippen LogP contribution in [0.3, 0.4) is 0 Å². The van der Waals surface area contributed by atoms with Crippen molar-refractivity contribution < 1.29 is 9.31 Å². The minimum atomic E-state index is -0.608. The lowest BCUT2D eigenvalue weighted by Crippen LogP contribution is -2.41. The third-order valence-corrected chi connectivity index (χ3v) is 5.35. The molecule has 1 aliphatic heterocycles. The van der Waals surface area contributed by atoms with Gasteiger partial charge in [0.05, 0.1) is 27.1 Å². The first kappa shape index (κ1) is 16.5. The average Bonchev–Trinajstić information content (AvgIpc) is 2.64. The predicted molar refractivity (Wildman–Crippen MR) is 92.4 cm³/mol. The van der Waals surface area contributed by atoms with E-state index < -0.39 is 18.3 Å². The molecule has 23 heavy (non-hydrogen) atoms. The molecule has 1 saturated heterocycles. The Bertz CT molecular complexity index is 845. The minimum absolute atomic E-state index is 0.170. The molecule has 122 valence electrons. The van der Waals surface area contributed by atoms with Crippen LogP contribution in [0.15, 0.2) is 16.9 Å². The van der Waals surface area contributed by atoms with E-state index in [1.807, 2.05) is 33.8 Å². The topological polar surface area (TPSA) is 53.4 Å². The van der Waals surface area contributed by atoms with Crippen LogP contribution in [0, 0.1) is 6.92 Å². The molecule has 1 aromatic heterocycles. The Hall–Kier alpha value is -1.37. The molecule has 2 heterocycles. The SMILES string of the molecule is Cc1nc2ccc(B3OC(C)(C)C(C)(C)O3)c(Cl)c2c(=O)n1C. The van der Waals surface area contributed by atoms with E-state index in [0.717, 1.165) is 0 Å². The molecule has 1 aliphatic rings. The number of rotatable bonds is 1. The number of benzene rings is 1. The van der Waals surface area contributed by atoms with Gasteiger partial charge in [-0.05, 0) is 40.7 Å². The number of nitrogens with zero attached hydrogens (tertiary/aromatic N) is 2. The first-order valence-electron chi connectivity index (χ1n) is 7.56. The van der Waals surface area contributed by atoms with Crippen LogP contribution in [0.2, 0.25) is 5.02 Å². The third kappa shape index (κ3) is 2.40. The molecule has 0 atom stereocenters. The number of hydrogen-bond acceptors (Lipinski definition) is 4. The summed E-state index contributed by atoms with van der Waals surface area (Å²) in [6.45, 7) is 9.70. The molecule has 2 aromatic rings. The highest BCUT2D eigenvalue weighted by Gasteiger charge is 2.52. The Morgan fingerprint density at radius 1 is 1.17 bits per heavy atom. The highest BCUT2D eigenvalue weighted by atomic mass is 35.5. The minimum Gasteiger partial charge on any atom is -0.399 e. The van der Waals surface area contributed by atoms with Crippen LogP contribution in [0.25, 0.3) is 10.9 Å². The predicted octanol–water partition coefficient (Wildman–Crippen LogP) is 2.19. The van der Waals surface area contributed by atoms with Gasteiger partial charge >= 0.3 is 7.12 Å². The lowest BCUT2D eigenvalue weighted by Gasteiger charge is -2.32. The zero-order chi connectivity index (χ0) is 17.2. The molecule has 0 aliphatic carbocycles. The summed E-state index contributed by atoms with van der Waals surface area (Å²) in [5.41, 5.74) is 0.131. The Morgan fingerprint density at radius 2 is 1.74 bits per heavy atom. The largest absolute Gasteiger partial charge is 0.496 e. The van der Waals surface area contributed by atoms with Crippen LogP contribution in [0.5, 0.6) is 0 Å². The summed E-state index contributed by atoms with van der Waals surface area (Å²) in [6.07, 6.45) is 0. The van der Waals surface area contributed by atoms with Crippen molar-refractivity contribution in [3.8, 4) is 0 Å². The van der Waals surface area contributed by atoms with Crippen molar-refractivity contribution in [3.63, 3.8) is 0 Å². The van der Waals surface area contributed by atoms with Crippen molar-refractivity contribution in [2.24, 2.45) is 7.05 Å². The summed E-state index contributed by atoms with van der Waals surface area (Å²) in [4.78, 5) is 17.0. The summed E-state index contributed by atoms with van der Waals surface area (Å²) in [7, 11) is 1.07. The lowest BCUT2D eigenvalue weighted by atomic mass is 9.78. The number of hydrogen-bond donors (Lipinski definition) is 0. The summed E-state index contributed by atoms with van der Waals surface area (Å²) in [6, 6.07) is 3.61. The number of aromatic nitrogens is 2. The van der Waals surface area contributed by atoms with Gasteiger partial charge in [0, 0.05) is 12.5 Å². The molecule has 3 rings (SSSR count). The van der Waals surface area contributed by atoms with Crippen LogP contribution in [-0.2, 0) is 16.4 Å². The maximum atomic E-state index is 12.5. The van der Waals surface area contributed by atoms with Crippen LogP contribution >= 0.6 is 11.6 Å². The molecule has 0 saturated carbocycles. The molecule has 0 bridgehead atoms. The van der Waals surface area contributed by atoms with Gasteiger partial charge in [-0.15, -0.1) is 0 Å². The van der Waals surface area contributed by atoms with Crippen molar-refractivity contribution in [2.45, 2.75) is 45.8 Å². The molecular weight excluding hydrogens is 314 g/mol. The first-order valence-corrected chi connectivity index (χ1v) is 7.94. The van der Waals surface area contributed by atoms with Crippen molar-refractivity contribution >= 4 is 35.1 Å². The van der Waals surface area contributed by atoms with E-state index >= 15 is 0 Å². The molecular formula is C16H20BClN2O3. The van der Waals surface area contributed by atoms with E-state index in [-0.39, 0.29) is 5.56 Å². The second-order valence-corrected chi connectivity index (χ2v) is 7.35.